The zero-order valence-electron chi connectivity index (χ0n) is 10.2. The Bertz CT molecular complexity index is 413. The van der Waals surface area contributed by atoms with E-state index >= 15 is 0 Å². The number of furan rings is 1. The smallest absolute Gasteiger partial charge is 0.341 e. The van der Waals surface area contributed by atoms with Crippen LogP contribution in [0.1, 0.15) is 26.5 Å². The van der Waals surface area contributed by atoms with Crippen LogP contribution in [0.15, 0.2) is 28.4 Å². The zero-order chi connectivity index (χ0) is 12.8. The van der Waals surface area contributed by atoms with Gasteiger partial charge >= 0.3 is 5.97 Å². The van der Waals surface area contributed by atoms with Gasteiger partial charge in [-0.1, -0.05) is 13.8 Å². The van der Waals surface area contributed by atoms with E-state index < -0.39 is 5.97 Å². The Morgan fingerprint density at radius 1 is 1.47 bits per heavy atom. The van der Waals surface area contributed by atoms with Gasteiger partial charge in [-0.25, -0.2) is 4.79 Å². The molecule has 0 atom stereocenters. The normalized spacial score (nSPS) is 11.6. The largest absolute Gasteiger partial charge is 0.465 e. The topological polar surface area (TPSA) is 56.5 Å². The van der Waals surface area contributed by atoms with Crippen LogP contribution >= 0.6 is 0 Å². The molecule has 4 heteroatoms. The van der Waals surface area contributed by atoms with Crippen molar-refractivity contribution in [3.05, 3.63) is 29.7 Å². The maximum Gasteiger partial charge on any atom is 0.341 e. The summed E-state index contributed by atoms with van der Waals surface area (Å²) in [6.45, 7) is 5.40. The molecule has 0 aliphatic heterocycles. The Hall–Kier alpha value is -1.84. The van der Waals surface area contributed by atoms with Crippen LogP contribution in [-0.4, -0.2) is 18.4 Å². The van der Waals surface area contributed by atoms with Crippen molar-refractivity contribution in [1.29, 1.82) is 0 Å². The molecule has 0 aromatic carbocycles. The number of carbonyl (C=O) groups excluding carboxylic acids is 2. The maximum absolute atomic E-state index is 11.9. The fourth-order valence-electron chi connectivity index (χ4n) is 1.27. The summed E-state index contributed by atoms with van der Waals surface area (Å²) < 4.78 is 9.94. The van der Waals surface area contributed by atoms with Crippen LogP contribution in [-0.2, 0) is 14.3 Å². The lowest BCUT2D eigenvalue weighted by Gasteiger charge is -2.07. The van der Waals surface area contributed by atoms with Gasteiger partial charge in [0, 0.05) is 5.92 Å². The Balaban J connectivity index is 3.02. The van der Waals surface area contributed by atoms with Crippen LogP contribution < -0.4 is 0 Å². The molecule has 4 nitrogen and oxygen atoms in total. The molecule has 1 rings (SSSR count). The van der Waals surface area contributed by atoms with Crippen LogP contribution in [0.2, 0.25) is 0 Å². The fraction of sp³-hybridized carbons (Fsp3) is 0.385. The summed E-state index contributed by atoms with van der Waals surface area (Å²) in [6, 6.07) is 3.36. The first-order valence-corrected chi connectivity index (χ1v) is 5.52. The van der Waals surface area contributed by atoms with Gasteiger partial charge in [0.25, 0.3) is 0 Å². The average Bonchev–Trinajstić information content (AvgIpc) is 2.77. The van der Waals surface area contributed by atoms with Crippen molar-refractivity contribution in [2.75, 3.05) is 6.61 Å². The predicted octanol–water partition coefficient (Wildman–Crippen LogP) is 2.45. The van der Waals surface area contributed by atoms with Crippen molar-refractivity contribution in [3.8, 4) is 0 Å². The van der Waals surface area contributed by atoms with Gasteiger partial charge in [0.05, 0.1) is 12.9 Å². The molecule has 0 unspecified atom stereocenters. The fourth-order valence-corrected chi connectivity index (χ4v) is 1.27. The molecule has 0 bridgehead atoms. The molecule has 0 fully saturated rings. The molecule has 0 spiro atoms. The number of rotatable bonds is 5. The van der Waals surface area contributed by atoms with Gasteiger partial charge in [0.1, 0.15) is 11.3 Å². The van der Waals surface area contributed by atoms with Gasteiger partial charge in [0.2, 0.25) is 0 Å². The first-order valence-electron chi connectivity index (χ1n) is 5.52. The average molecular weight is 236 g/mol. The Kier molecular flexibility index (Phi) is 4.69. The lowest BCUT2D eigenvalue weighted by Crippen LogP contribution is -2.19. The molecular weight excluding hydrogens is 220 g/mol. The van der Waals surface area contributed by atoms with E-state index in [1.54, 1.807) is 32.9 Å². The van der Waals surface area contributed by atoms with E-state index in [2.05, 4.69) is 0 Å². The van der Waals surface area contributed by atoms with Gasteiger partial charge < -0.3 is 9.15 Å². The maximum atomic E-state index is 11.9. The van der Waals surface area contributed by atoms with Crippen LogP contribution in [0, 0.1) is 5.92 Å². The lowest BCUT2D eigenvalue weighted by molar-refractivity contribution is -0.140. The minimum Gasteiger partial charge on any atom is -0.465 e. The highest BCUT2D eigenvalue weighted by molar-refractivity contribution is 6.21. The summed E-state index contributed by atoms with van der Waals surface area (Å²) in [5.74, 6) is -0.662. The van der Waals surface area contributed by atoms with Crippen LogP contribution in [0.5, 0.6) is 0 Å². The van der Waals surface area contributed by atoms with E-state index in [-0.39, 0.29) is 23.9 Å². The summed E-state index contributed by atoms with van der Waals surface area (Å²) in [5.41, 5.74) is 0.0248. The predicted molar refractivity (Wildman–Crippen MR) is 63.2 cm³/mol. The third-order valence-electron chi connectivity index (χ3n) is 2.11. The summed E-state index contributed by atoms with van der Waals surface area (Å²) in [4.78, 5) is 23.5. The van der Waals surface area contributed by atoms with Crippen molar-refractivity contribution in [3.63, 3.8) is 0 Å². The van der Waals surface area contributed by atoms with E-state index in [1.807, 2.05) is 0 Å². The van der Waals surface area contributed by atoms with Gasteiger partial charge in [-0.3, -0.25) is 4.79 Å². The lowest BCUT2D eigenvalue weighted by atomic mass is 10.0. The van der Waals surface area contributed by atoms with Crippen molar-refractivity contribution < 1.29 is 18.7 Å². The van der Waals surface area contributed by atoms with E-state index in [9.17, 15) is 9.59 Å². The van der Waals surface area contributed by atoms with Crippen molar-refractivity contribution >= 4 is 17.8 Å². The second-order valence-corrected chi connectivity index (χ2v) is 3.81. The van der Waals surface area contributed by atoms with E-state index in [1.165, 1.54) is 12.3 Å². The molecule has 0 radical (unpaired) electrons. The third kappa shape index (κ3) is 3.59. The zero-order valence-corrected chi connectivity index (χ0v) is 10.2. The number of ketones is 1. The van der Waals surface area contributed by atoms with E-state index in [0.717, 1.165) is 0 Å². The second kappa shape index (κ2) is 6.03. The number of esters is 1. The number of ether oxygens (including phenoxy) is 1. The minimum atomic E-state index is -0.609. The van der Waals surface area contributed by atoms with Crippen LogP contribution in [0.25, 0.3) is 6.08 Å². The van der Waals surface area contributed by atoms with Crippen molar-refractivity contribution in [1.82, 2.24) is 0 Å². The van der Waals surface area contributed by atoms with Gasteiger partial charge in [-0.15, -0.1) is 0 Å². The monoisotopic (exact) mass is 236 g/mol. The van der Waals surface area contributed by atoms with Crippen LogP contribution in [0.4, 0.5) is 0 Å². The molecule has 17 heavy (non-hydrogen) atoms. The molecule has 1 aromatic rings. The highest BCUT2D eigenvalue weighted by Crippen LogP contribution is 2.14. The second-order valence-electron chi connectivity index (χ2n) is 3.81. The minimum absolute atomic E-state index is 0.0248. The molecule has 0 saturated heterocycles. The highest BCUT2D eigenvalue weighted by atomic mass is 16.5. The molecule has 1 aromatic heterocycles. The molecule has 0 aliphatic rings. The Morgan fingerprint density at radius 3 is 2.65 bits per heavy atom. The van der Waals surface area contributed by atoms with Crippen molar-refractivity contribution in [2.24, 2.45) is 5.92 Å². The van der Waals surface area contributed by atoms with E-state index in [4.69, 9.17) is 9.15 Å². The number of carbonyl (C=O) groups is 2. The molecule has 92 valence electrons. The molecule has 0 saturated carbocycles. The standard InChI is InChI=1S/C13H16O4/c1-4-16-13(15)11(12(14)9(2)3)8-10-6-5-7-17-10/h5-9H,4H2,1-3H3. The summed E-state index contributed by atoms with van der Waals surface area (Å²) >= 11 is 0. The molecule has 0 amide bonds. The number of Topliss-reactive ketones (excluding diaryl/α,β-unsaturated/α-hetero) is 1. The van der Waals surface area contributed by atoms with Gasteiger partial charge in [-0.05, 0) is 25.1 Å². The molecule has 0 aliphatic carbocycles. The van der Waals surface area contributed by atoms with Gasteiger partial charge in [-0.2, -0.15) is 0 Å². The molecular formula is C13H16O4. The number of hydrogen-bond donors (Lipinski definition) is 0. The van der Waals surface area contributed by atoms with Gasteiger partial charge in [0.15, 0.2) is 5.78 Å². The Labute approximate surface area is 100 Å². The van der Waals surface area contributed by atoms with Crippen LogP contribution in [0.3, 0.4) is 0 Å². The Morgan fingerprint density at radius 2 is 2.18 bits per heavy atom. The first kappa shape index (κ1) is 13.2. The summed E-state index contributed by atoms with van der Waals surface area (Å²) in [7, 11) is 0. The molecule has 0 N–H and O–H groups in total. The highest BCUT2D eigenvalue weighted by Gasteiger charge is 2.22. The quantitative estimate of drug-likeness (QED) is 0.341. The number of hydrogen-bond acceptors (Lipinski definition) is 4. The SMILES string of the molecule is CCOC(=O)C(=Cc1ccco1)C(=O)C(C)C. The van der Waals surface area contributed by atoms with Crippen molar-refractivity contribution in [2.45, 2.75) is 20.8 Å². The van der Waals surface area contributed by atoms with E-state index in [0.29, 0.717) is 5.76 Å². The summed E-state index contributed by atoms with van der Waals surface area (Å²) in [5, 5.41) is 0. The third-order valence-corrected chi connectivity index (χ3v) is 2.11. The summed E-state index contributed by atoms with van der Waals surface area (Å²) in [6.07, 6.45) is 2.90. The molecule has 1 heterocycles. The first-order chi connectivity index (χ1) is 8.06.